The first kappa shape index (κ1) is 38.1. The van der Waals surface area contributed by atoms with Gasteiger partial charge in [0.25, 0.3) is 0 Å². The third-order valence-electron chi connectivity index (χ3n) is 10.1. The average molecular weight is 605 g/mol. The maximum atomic E-state index is 13.3. The Kier molecular flexibility index (Phi) is 23.2. The fraction of sp³-hybridized carbons (Fsp3) is 0.947. The summed E-state index contributed by atoms with van der Waals surface area (Å²) >= 11 is 0. The summed E-state index contributed by atoms with van der Waals surface area (Å²) in [5.41, 5.74) is 0. The summed E-state index contributed by atoms with van der Waals surface area (Å²) in [7, 11) is 0. The molecule has 2 aliphatic rings. The lowest BCUT2D eigenvalue weighted by Gasteiger charge is -2.40. The number of hydrogen-bond acceptors (Lipinski definition) is 4. The monoisotopic (exact) mass is 605 g/mol. The van der Waals surface area contributed by atoms with Gasteiger partial charge < -0.3 is 9.64 Å². The first-order chi connectivity index (χ1) is 21.2. The first-order valence-corrected chi connectivity index (χ1v) is 19.4. The second-order valence-electron chi connectivity index (χ2n) is 13.9. The van der Waals surface area contributed by atoms with E-state index >= 15 is 0 Å². The molecule has 0 aliphatic carbocycles. The van der Waals surface area contributed by atoms with Crippen molar-refractivity contribution in [1.82, 2.24) is 9.80 Å². The smallest absolute Gasteiger partial charge is 0.311 e. The molecular formula is C38H72N2O3. The predicted molar refractivity (Wildman–Crippen MR) is 182 cm³/mol. The highest BCUT2D eigenvalue weighted by Gasteiger charge is 2.39. The molecule has 5 nitrogen and oxygen atoms in total. The summed E-state index contributed by atoms with van der Waals surface area (Å²) < 4.78 is 5.88. The minimum atomic E-state index is -0.147. The topological polar surface area (TPSA) is 49.9 Å². The third kappa shape index (κ3) is 17.8. The summed E-state index contributed by atoms with van der Waals surface area (Å²) in [6.45, 7) is 8.96. The number of rotatable bonds is 27. The molecular weight excluding hydrogens is 532 g/mol. The highest BCUT2D eigenvalue weighted by molar-refractivity contribution is 5.82. The number of nitrogens with zero attached hydrogens (tertiary/aromatic N) is 2. The lowest BCUT2D eigenvalue weighted by molar-refractivity contribution is -0.157. The van der Waals surface area contributed by atoms with Gasteiger partial charge in [-0.2, -0.15) is 0 Å². The van der Waals surface area contributed by atoms with E-state index in [1.165, 1.54) is 141 Å². The molecule has 0 aromatic heterocycles. The molecule has 1 amide bonds. The van der Waals surface area contributed by atoms with Crippen LogP contribution in [0.4, 0.5) is 0 Å². The van der Waals surface area contributed by atoms with Crippen LogP contribution in [0, 0.1) is 5.92 Å². The van der Waals surface area contributed by atoms with Crippen LogP contribution in [0.2, 0.25) is 0 Å². The van der Waals surface area contributed by atoms with E-state index in [0.717, 1.165) is 45.4 Å². The molecule has 2 saturated heterocycles. The molecule has 43 heavy (non-hydrogen) atoms. The fourth-order valence-corrected chi connectivity index (χ4v) is 7.29. The van der Waals surface area contributed by atoms with Gasteiger partial charge >= 0.3 is 5.97 Å². The zero-order valence-corrected chi connectivity index (χ0v) is 28.9. The average Bonchev–Trinajstić information content (AvgIpc) is 3.02. The second-order valence-corrected chi connectivity index (χ2v) is 13.9. The molecule has 0 radical (unpaired) electrons. The molecule has 252 valence electrons. The van der Waals surface area contributed by atoms with E-state index in [9.17, 15) is 9.59 Å². The van der Waals surface area contributed by atoms with E-state index in [4.69, 9.17) is 4.74 Å². The summed E-state index contributed by atoms with van der Waals surface area (Å²) in [5.74, 6) is 0.0641. The van der Waals surface area contributed by atoms with Crippen LogP contribution in [-0.2, 0) is 14.3 Å². The Labute approximate surface area is 267 Å². The molecule has 2 atom stereocenters. The Bertz CT molecular complexity index is 678. The van der Waals surface area contributed by atoms with Crippen molar-refractivity contribution >= 4 is 11.9 Å². The summed E-state index contributed by atoms with van der Waals surface area (Å²) in [6, 6.07) is 0.0290. The van der Waals surface area contributed by atoms with Crippen molar-refractivity contribution in [2.24, 2.45) is 5.92 Å². The molecule has 5 heteroatoms. The van der Waals surface area contributed by atoms with Crippen molar-refractivity contribution in [1.29, 1.82) is 0 Å². The van der Waals surface area contributed by atoms with E-state index in [0.29, 0.717) is 19.4 Å². The Hall–Kier alpha value is -1.10. The van der Waals surface area contributed by atoms with Crippen LogP contribution in [-0.4, -0.2) is 60.5 Å². The number of hydrogen-bond donors (Lipinski definition) is 0. The van der Waals surface area contributed by atoms with Crippen molar-refractivity contribution in [3.8, 4) is 0 Å². The maximum absolute atomic E-state index is 13.3. The van der Waals surface area contributed by atoms with Crippen LogP contribution < -0.4 is 0 Å². The van der Waals surface area contributed by atoms with Crippen LogP contribution in [0.5, 0.6) is 0 Å². The summed E-state index contributed by atoms with van der Waals surface area (Å²) in [6.07, 6.45) is 33.6. The van der Waals surface area contributed by atoms with Crippen molar-refractivity contribution in [2.45, 2.75) is 193 Å². The number of likely N-dealkylation sites (tertiary alicyclic amines) is 2. The van der Waals surface area contributed by atoms with E-state index in [1.807, 2.05) is 0 Å². The van der Waals surface area contributed by atoms with Gasteiger partial charge in [-0.15, -0.1) is 0 Å². The van der Waals surface area contributed by atoms with E-state index in [2.05, 4.69) is 23.6 Å². The lowest BCUT2D eigenvalue weighted by Crippen LogP contribution is -2.51. The van der Waals surface area contributed by atoms with Crippen molar-refractivity contribution in [3.05, 3.63) is 0 Å². The zero-order valence-electron chi connectivity index (χ0n) is 28.9. The lowest BCUT2D eigenvalue weighted by atomic mass is 9.85. The molecule has 0 N–H and O–H groups in total. The normalized spacial score (nSPS) is 19.7. The van der Waals surface area contributed by atoms with Gasteiger partial charge in [-0.25, -0.2) is 0 Å². The number of amides is 1. The standard InChI is InChI=1S/C38H72N2O3/c1-3-5-7-9-11-12-13-14-15-16-17-19-21-26-32-40-36(27-23-20-18-10-8-6-4-2)35(28-29-37(40)41)38(42)43-34-33-39-30-24-22-25-31-39/h35-36H,3-34H2,1-2H3/t35-,36+/m0/s1. The highest BCUT2D eigenvalue weighted by Crippen LogP contribution is 2.30. The quantitative estimate of drug-likeness (QED) is 0.0691. The fourth-order valence-electron chi connectivity index (χ4n) is 7.29. The highest BCUT2D eigenvalue weighted by atomic mass is 16.5. The van der Waals surface area contributed by atoms with Crippen molar-refractivity contribution in [2.75, 3.05) is 32.8 Å². The number of ether oxygens (including phenoxy) is 1. The van der Waals surface area contributed by atoms with Crippen LogP contribution in [0.15, 0.2) is 0 Å². The van der Waals surface area contributed by atoms with Gasteiger partial charge in [-0.1, -0.05) is 149 Å². The van der Waals surface area contributed by atoms with Gasteiger partial charge in [0.05, 0.1) is 5.92 Å². The molecule has 2 heterocycles. The SMILES string of the molecule is CCCCCCCCCCCCCCCCN1C(=O)CC[C@H](C(=O)OCCN2CCCCC2)[C@H]1CCCCCCCCC. The third-order valence-corrected chi connectivity index (χ3v) is 10.1. The van der Waals surface area contributed by atoms with Gasteiger partial charge in [0.15, 0.2) is 0 Å². The Morgan fingerprint density at radius 2 is 1.14 bits per heavy atom. The van der Waals surface area contributed by atoms with Gasteiger partial charge in [0, 0.05) is 25.6 Å². The maximum Gasteiger partial charge on any atom is 0.311 e. The molecule has 0 spiro atoms. The molecule has 0 saturated carbocycles. The molecule has 0 unspecified atom stereocenters. The van der Waals surface area contributed by atoms with Gasteiger partial charge in [-0.3, -0.25) is 14.5 Å². The van der Waals surface area contributed by atoms with Crippen LogP contribution in [0.25, 0.3) is 0 Å². The largest absolute Gasteiger partial charge is 0.464 e. The summed E-state index contributed by atoms with van der Waals surface area (Å²) in [5, 5.41) is 0. The van der Waals surface area contributed by atoms with E-state index in [-0.39, 0.29) is 23.8 Å². The van der Waals surface area contributed by atoms with Crippen LogP contribution in [0.1, 0.15) is 187 Å². The molecule has 0 aromatic rings. The minimum Gasteiger partial charge on any atom is -0.464 e. The Balaban J connectivity index is 1.71. The number of esters is 1. The molecule has 2 rings (SSSR count). The minimum absolute atomic E-state index is 0.0290. The second kappa shape index (κ2) is 26.1. The summed E-state index contributed by atoms with van der Waals surface area (Å²) in [4.78, 5) is 31.0. The molecule has 0 bridgehead atoms. The molecule has 2 fully saturated rings. The first-order valence-electron chi connectivity index (χ1n) is 19.4. The van der Waals surface area contributed by atoms with Crippen molar-refractivity contribution in [3.63, 3.8) is 0 Å². The van der Waals surface area contributed by atoms with Crippen LogP contribution in [0.3, 0.4) is 0 Å². The van der Waals surface area contributed by atoms with Crippen molar-refractivity contribution < 1.29 is 14.3 Å². The Morgan fingerprint density at radius 3 is 1.67 bits per heavy atom. The molecule has 0 aromatic carbocycles. The Morgan fingerprint density at radius 1 is 0.651 bits per heavy atom. The number of piperidine rings is 2. The van der Waals surface area contributed by atoms with E-state index in [1.54, 1.807) is 0 Å². The predicted octanol–water partition coefficient (Wildman–Crippen LogP) is 10.2. The van der Waals surface area contributed by atoms with Gasteiger partial charge in [0.2, 0.25) is 5.91 Å². The number of unbranched alkanes of at least 4 members (excludes halogenated alkanes) is 19. The number of carbonyl (C=O) groups is 2. The van der Waals surface area contributed by atoms with Gasteiger partial charge in [0.1, 0.15) is 6.61 Å². The van der Waals surface area contributed by atoms with E-state index < -0.39 is 0 Å². The number of carbonyl (C=O) groups excluding carboxylic acids is 2. The van der Waals surface area contributed by atoms with Gasteiger partial charge in [-0.05, 0) is 45.2 Å². The molecule has 2 aliphatic heterocycles. The van der Waals surface area contributed by atoms with Crippen LogP contribution >= 0.6 is 0 Å². The zero-order chi connectivity index (χ0) is 30.8.